The van der Waals surface area contributed by atoms with Crippen LogP contribution in [-0.4, -0.2) is 60.1 Å². The number of nitrogens with zero attached hydrogens (tertiary/aromatic N) is 2. The number of hydrogen-bond donors (Lipinski definition) is 1. The Hall–Kier alpha value is -0.610. The molecule has 2 rings (SSSR count). The minimum Gasteiger partial charge on any atom is -0.481 e. The number of hydrogen-bond acceptors (Lipinski definition) is 3. The molecule has 0 saturated carbocycles. The quantitative estimate of drug-likeness (QED) is 0.759. The van der Waals surface area contributed by atoms with Gasteiger partial charge in [-0.25, -0.2) is 0 Å². The van der Waals surface area contributed by atoms with Crippen molar-refractivity contribution in [1.82, 2.24) is 9.80 Å². The number of aliphatic carboxylic acids is 1. The Morgan fingerprint density at radius 1 is 1.12 bits per heavy atom. The van der Waals surface area contributed by atoms with Crippen LogP contribution < -0.4 is 0 Å². The van der Waals surface area contributed by atoms with Gasteiger partial charge in [0.15, 0.2) is 0 Å². The fourth-order valence-electron chi connectivity index (χ4n) is 3.05. The zero-order valence-electron chi connectivity index (χ0n) is 10.6. The molecule has 4 nitrogen and oxygen atoms in total. The molecule has 1 atom stereocenters. The van der Waals surface area contributed by atoms with Crippen LogP contribution in [0.1, 0.15) is 32.1 Å². The Labute approximate surface area is 104 Å². The molecule has 0 bridgehead atoms. The van der Waals surface area contributed by atoms with Crippen LogP contribution in [0.3, 0.4) is 0 Å². The normalized spacial score (nSPS) is 26.7. The fourth-order valence-corrected chi connectivity index (χ4v) is 3.05. The third kappa shape index (κ3) is 4.28. The van der Waals surface area contributed by atoms with Gasteiger partial charge in [0.1, 0.15) is 0 Å². The van der Waals surface area contributed by atoms with Crippen molar-refractivity contribution in [3.8, 4) is 0 Å². The number of likely N-dealkylation sites (tertiary alicyclic amines) is 2. The van der Waals surface area contributed by atoms with Crippen molar-refractivity contribution in [2.75, 3.05) is 39.3 Å². The maximum atomic E-state index is 10.6. The summed E-state index contributed by atoms with van der Waals surface area (Å²) in [6.45, 7) is 7.01. The van der Waals surface area contributed by atoms with Crippen LogP contribution in [0.5, 0.6) is 0 Å². The lowest BCUT2D eigenvalue weighted by atomic mass is 10.1. The van der Waals surface area contributed by atoms with E-state index in [1.807, 2.05) is 0 Å². The van der Waals surface area contributed by atoms with Crippen molar-refractivity contribution in [3.63, 3.8) is 0 Å². The second kappa shape index (κ2) is 6.36. The first-order valence-corrected chi connectivity index (χ1v) is 6.90. The summed E-state index contributed by atoms with van der Waals surface area (Å²) in [5.41, 5.74) is 0. The average molecular weight is 240 g/mol. The number of carboxylic acids is 1. The molecule has 2 saturated heterocycles. The zero-order valence-corrected chi connectivity index (χ0v) is 10.6. The lowest BCUT2D eigenvalue weighted by molar-refractivity contribution is -0.138. The van der Waals surface area contributed by atoms with Gasteiger partial charge in [0.25, 0.3) is 0 Å². The second-order valence-electron chi connectivity index (χ2n) is 5.46. The van der Waals surface area contributed by atoms with Gasteiger partial charge in [-0.3, -0.25) is 4.79 Å². The molecular weight excluding hydrogens is 216 g/mol. The molecule has 2 fully saturated rings. The molecule has 0 spiro atoms. The maximum absolute atomic E-state index is 10.6. The van der Waals surface area contributed by atoms with E-state index in [0.717, 1.165) is 26.1 Å². The second-order valence-corrected chi connectivity index (χ2v) is 5.46. The van der Waals surface area contributed by atoms with E-state index in [1.165, 1.54) is 38.9 Å². The van der Waals surface area contributed by atoms with E-state index in [4.69, 9.17) is 5.11 Å². The molecule has 0 aliphatic carbocycles. The molecule has 0 radical (unpaired) electrons. The first-order chi connectivity index (χ1) is 8.24. The fraction of sp³-hybridized carbons (Fsp3) is 0.923. The maximum Gasteiger partial charge on any atom is 0.303 e. The minimum atomic E-state index is -0.645. The molecule has 1 N–H and O–H groups in total. The third-order valence-electron chi connectivity index (χ3n) is 3.98. The van der Waals surface area contributed by atoms with Crippen LogP contribution >= 0.6 is 0 Å². The number of rotatable bonds is 6. The highest BCUT2D eigenvalue weighted by Crippen LogP contribution is 2.19. The van der Waals surface area contributed by atoms with Gasteiger partial charge < -0.3 is 14.9 Å². The van der Waals surface area contributed by atoms with Crippen molar-refractivity contribution >= 4 is 5.97 Å². The topological polar surface area (TPSA) is 43.8 Å². The third-order valence-corrected chi connectivity index (χ3v) is 3.98. The lowest BCUT2D eigenvalue weighted by Crippen LogP contribution is -2.27. The Morgan fingerprint density at radius 2 is 1.82 bits per heavy atom. The summed E-state index contributed by atoms with van der Waals surface area (Å²) >= 11 is 0. The molecule has 2 aliphatic heterocycles. The Bertz CT molecular complexity index is 252. The number of carbonyl (C=O) groups is 1. The van der Waals surface area contributed by atoms with Gasteiger partial charge in [-0.15, -0.1) is 0 Å². The molecule has 1 unspecified atom stereocenters. The first kappa shape index (κ1) is 12.8. The summed E-state index contributed by atoms with van der Waals surface area (Å²) in [5.74, 6) is -0.256. The Balaban J connectivity index is 1.56. The Kier molecular flexibility index (Phi) is 4.80. The van der Waals surface area contributed by atoms with Crippen LogP contribution in [0.4, 0.5) is 0 Å². The van der Waals surface area contributed by atoms with Crippen LogP contribution in [0.2, 0.25) is 0 Å². The van der Waals surface area contributed by atoms with E-state index in [1.54, 1.807) is 0 Å². The predicted molar refractivity (Wildman–Crippen MR) is 67.1 cm³/mol. The highest BCUT2D eigenvalue weighted by atomic mass is 16.4. The van der Waals surface area contributed by atoms with E-state index in [2.05, 4.69) is 9.80 Å². The summed E-state index contributed by atoms with van der Waals surface area (Å²) in [6, 6.07) is 0. The van der Waals surface area contributed by atoms with Crippen molar-refractivity contribution in [1.29, 1.82) is 0 Å². The summed E-state index contributed by atoms with van der Waals surface area (Å²) in [7, 11) is 0. The zero-order chi connectivity index (χ0) is 12.1. The molecule has 98 valence electrons. The highest BCUT2D eigenvalue weighted by molar-refractivity contribution is 5.67. The molecule has 0 aromatic heterocycles. The standard InChI is InChI=1S/C13H24N2O2/c16-13(17)10-12-4-9-15(11-12)8-3-7-14-5-1-2-6-14/h12H,1-11H2,(H,16,17). The summed E-state index contributed by atoms with van der Waals surface area (Å²) in [5, 5.41) is 8.75. The van der Waals surface area contributed by atoms with Crippen molar-refractivity contribution < 1.29 is 9.90 Å². The monoisotopic (exact) mass is 240 g/mol. The SMILES string of the molecule is O=C(O)CC1CCN(CCCN2CCCC2)C1. The minimum absolute atomic E-state index is 0.350. The first-order valence-electron chi connectivity index (χ1n) is 6.90. The van der Waals surface area contributed by atoms with Gasteiger partial charge in [0.05, 0.1) is 0 Å². The molecule has 0 amide bonds. The van der Waals surface area contributed by atoms with Crippen LogP contribution in [0, 0.1) is 5.92 Å². The van der Waals surface area contributed by atoms with Crippen molar-refractivity contribution in [2.45, 2.75) is 32.1 Å². The van der Waals surface area contributed by atoms with Crippen LogP contribution in [0.25, 0.3) is 0 Å². The van der Waals surface area contributed by atoms with Gasteiger partial charge in [-0.1, -0.05) is 0 Å². The highest BCUT2D eigenvalue weighted by Gasteiger charge is 2.24. The Morgan fingerprint density at radius 3 is 2.53 bits per heavy atom. The predicted octanol–water partition coefficient (Wildman–Crippen LogP) is 1.27. The summed E-state index contributed by atoms with van der Waals surface area (Å²) in [4.78, 5) is 15.6. The van der Waals surface area contributed by atoms with E-state index in [-0.39, 0.29) is 0 Å². The molecule has 0 aromatic carbocycles. The number of carboxylic acid groups (broad SMARTS) is 1. The molecule has 2 heterocycles. The molecule has 4 heteroatoms. The summed E-state index contributed by atoms with van der Waals surface area (Å²) in [6.07, 6.45) is 5.38. The van der Waals surface area contributed by atoms with E-state index in [0.29, 0.717) is 12.3 Å². The van der Waals surface area contributed by atoms with E-state index >= 15 is 0 Å². The van der Waals surface area contributed by atoms with Gasteiger partial charge in [-0.2, -0.15) is 0 Å². The summed E-state index contributed by atoms with van der Waals surface area (Å²) < 4.78 is 0. The van der Waals surface area contributed by atoms with Gasteiger partial charge in [-0.05, 0) is 64.3 Å². The molecular formula is C13H24N2O2. The van der Waals surface area contributed by atoms with Gasteiger partial charge in [0, 0.05) is 13.0 Å². The van der Waals surface area contributed by atoms with Gasteiger partial charge in [0.2, 0.25) is 0 Å². The van der Waals surface area contributed by atoms with Crippen molar-refractivity contribution in [3.05, 3.63) is 0 Å². The molecule has 2 aliphatic rings. The molecule has 0 aromatic rings. The largest absolute Gasteiger partial charge is 0.481 e. The van der Waals surface area contributed by atoms with Crippen LogP contribution in [-0.2, 0) is 4.79 Å². The van der Waals surface area contributed by atoms with Gasteiger partial charge >= 0.3 is 5.97 Å². The van der Waals surface area contributed by atoms with E-state index in [9.17, 15) is 4.79 Å². The van der Waals surface area contributed by atoms with Crippen LogP contribution in [0.15, 0.2) is 0 Å². The average Bonchev–Trinajstić information content (AvgIpc) is 2.89. The lowest BCUT2D eigenvalue weighted by Gasteiger charge is -2.19. The smallest absolute Gasteiger partial charge is 0.303 e. The van der Waals surface area contributed by atoms with E-state index < -0.39 is 5.97 Å². The molecule has 17 heavy (non-hydrogen) atoms. The van der Waals surface area contributed by atoms with Crippen molar-refractivity contribution in [2.24, 2.45) is 5.92 Å².